The van der Waals surface area contributed by atoms with Crippen LogP contribution in [-0.2, 0) is 4.79 Å². The van der Waals surface area contributed by atoms with Gasteiger partial charge >= 0.3 is 5.97 Å². The fourth-order valence-electron chi connectivity index (χ4n) is 2.03. The lowest BCUT2D eigenvalue weighted by Crippen LogP contribution is -2.16. The Balaban J connectivity index is 2.26. The number of aliphatic carboxylic acids is 1. The summed E-state index contributed by atoms with van der Waals surface area (Å²) in [4.78, 5) is 10.8. The van der Waals surface area contributed by atoms with E-state index in [2.05, 4.69) is 15.5 Å². The molecule has 19 heavy (non-hydrogen) atoms. The Morgan fingerprint density at radius 2 is 2.00 bits per heavy atom. The quantitative estimate of drug-likeness (QED) is 0.887. The van der Waals surface area contributed by atoms with E-state index in [4.69, 9.17) is 5.11 Å². The molecular formula is C13H16N4O2. The maximum atomic E-state index is 10.8. The van der Waals surface area contributed by atoms with E-state index >= 15 is 0 Å². The van der Waals surface area contributed by atoms with Crippen LogP contribution in [-0.4, -0.2) is 31.3 Å². The Kier molecular flexibility index (Phi) is 3.89. The van der Waals surface area contributed by atoms with Crippen molar-refractivity contribution in [2.24, 2.45) is 0 Å². The molecule has 2 unspecified atom stereocenters. The van der Waals surface area contributed by atoms with Crippen molar-refractivity contribution in [3.05, 3.63) is 41.7 Å². The van der Waals surface area contributed by atoms with Crippen LogP contribution >= 0.6 is 0 Å². The van der Waals surface area contributed by atoms with Crippen molar-refractivity contribution < 1.29 is 9.90 Å². The first kappa shape index (κ1) is 13.2. The summed E-state index contributed by atoms with van der Waals surface area (Å²) >= 11 is 0. The van der Waals surface area contributed by atoms with Crippen molar-refractivity contribution in [1.29, 1.82) is 0 Å². The third-order valence-electron chi connectivity index (χ3n) is 3.09. The average Bonchev–Trinajstić information content (AvgIpc) is 2.87. The van der Waals surface area contributed by atoms with Crippen LogP contribution in [0.2, 0.25) is 0 Å². The topological polar surface area (TPSA) is 80.9 Å². The van der Waals surface area contributed by atoms with Gasteiger partial charge in [0.2, 0.25) is 0 Å². The number of carboxylic acids is 1. The van der Waals surface area contributed by atoms with Crippen molar-refractivity contribution in [2.75, 3.05) is 0 Å². The van der Waals surface area contributed by atoms with Crippen molar-refractivity contribution in [2.45, 2.75) is 32.2 Å². The highest BCUT2D eigenvalue weighted by molar-refractivity contribution is 5.67. The predicted octanol–water partition coefficient (Wildman–Crippen LogP) is 1.86. The minimum Gasteiger partial charge on any atom is -0.481 e. The average molecular weight is 260 g/mol. The largest absolute Gasteiger partial charge is 0.481 e. The molecule has 0 spiro atoms. The third kappa shape index (κ3) is 2.96. The Morgan fingerprint density at radius 1 is 1.32 bits per heavy atom. The molecule has 0 amide bonds. The van der Waals surface area contributed by atoms with Gasteiger partial charge in [-0.25, -0.2) is 4.68 Å². The van der Waals surface area contributed by atoms with E-state index in [1.165, 1.54) is 0 Å². The SMILES string of the molecule is CC(c1ccccc1)c1nnnn1C(C)CC(=O)O. The third-order valence-corrected chi connectivity index (χ3v) is 3.09. The van der Waals surface area contributed by atoms with Crippen LogP contribution in [0, 0.1) is 0 Å². The normalized spacial score (nSPS) is 14.0. The van der Waals surface area contributed by atoms with E-state index in [1.807, 2.05) is 37.3 Å². The lowest BCUT2D eigenvalue weighted by atomic mass is 10.0. The van der Waals surface area contributed by atoms with Gasteiger partial charge in [-0.1, -0.05) is 37.3 Å². The molecule has 6 nitrogen and oxygen atoms in total. The molecule has 1 aromatic heterocycles. The minimum atomic E-state index is -0.860. The first-order chi connectivity index (χ1) is 9.09. The van der Waals surface area contributed by atoms with Crippen molar-refractivity contribution in [3.8, 4) is 0 Å². The Morgan fingerprint density at radius 3 is 2.63 bits per heavy atom. The number of carbonyl (C=O) groups is 1. The van der Waals surface area contributed by atoms with E-state index in [9.17, 15) is 4.79 Å². The van der Waals surface area contributed by atoms with Crippen LogP contribution in [0.4, 0.5) is 0 Å². The molecule has 2 rings (SSSR count). The molecule has 6 heteroatoms. The maximum Gasteiger partial charge on any atom is 0.305 e. The molecule has 0 fully saturated rings. The number of rotatable bonds is 5. The van der Waals surface area contributed by atoms with Crippen LogP contribution in [0.25, 0.3) is 0 Å². The highest BCUT2D eigenvalue weighted by atomic mass is 16.4. The van der Waals surface area contributed by atoms with Crippen LogP contribution in [0.15, 0.2) is 30.3 Å². The summed E-state index contributed by atoms with van der Waals surface area (Å²) in [5.41, 5.74) is 1.10. The van der Waals surface area contributed by atoms with Crippen molar-refractivity contribution >= 4 is 5.97 Å². The Labute approximate surface area is 111 Å². The highest BCUT2D eigenvalue weighted by Gasteiger charge is 2.21. The zero-order valence-corrected chi connectivity index (χ0v) is 10.9. The lowest BCUT2D eigenvalue weighted by molar-refractivity contribution is -0.137. The smallest absolute Gasteiger partial charge is 0.305 e. The molecule has 0 saturated heterocycles. The zero-order valence-electron chi connectivity index (χ0n) is 10.9. The van der Waals surface area contributed by atoms with E-state index in [0.717, 1.165) is 5.56 Å². The summed E-state index contributed by atoms with van der Waals surface area (Å²) in [5, 5.41) is 20.5. The molecule has 1 N–H and O–H groups in total. The van der Waals surface area contributed by atoms with E-state index < -0.39 is 5.97 Å². The molecule has 2 atom stereocenters. The van der Waals surface area contributed by atoms with Crippen molar-refractivity contribution in [1.82, 2.24) is 20.2 Å². The molecule has 0 bridgehead atoms. The summed E-state index contributed by atoms with van der Waals surface area (Å²) in [6.07, 6.45) is -0.000447. The second kappa shape index (κ2) is 5.60. The molecule has 0 saturated carbocycles. The fourth-order valence-corrected chi connectivity index (χ4v) is 2.03. The first-order valence-corrected chi connectivity index (χ1v) is 6.14. The summed E-state index contributed by atoms with van der Waals surface area (Å²) in [7, 11) is 0. The summed E-state index contributed by atoms with van der Waals surface area (Å²) in [6, 6.07) is 9.61. The maximum absolute atomic E-state index is 10.8. The van der Waals surface area contributed by atoms with Crippen LogP contribution in [0.1, 0.15) is 43.6 Å². The van der Waals surface area contributed by atoms with Gasteiger partial charge in [0.25, 0.3) is 0 Å². The first-order valence-electron chi connectivity index (χ1n) is 6.14. The molecule has 1 heterocycles. The van der Waals surface area contributed by atoms with Crippen LogP contribution in [0.3, 0.4) is 0 Å². The number of tetrazole rings is 1. The number of carboxylic acid groups (broad SMARTS) is 1. The van der Waals surface area contributed by atoms with Crippen LogP contribution in [0.5, 0.6) is 0 Å². The van der Waals surface area contributed by atoms with Gasteiger partial charge in [-0.2, -0.15) is 0 Å². The number of aromatic nitrogens is 4. The molecule has 2 aromatic rings. The molecule has 0 aliphatic rings. The number of benzene rings is 1. The molecular weight excluding hydrogens is 244 g/mol. The molecule has 0 aliphatic carbocycles. The van der Waals surface area contributed by atoms with Gasteiger partial charge in [-0.15, -0.1) is 5.10 Å². The predicted molar refractivity (Wildman–Crippen MR) is 68.7 cm³/mol. The molecule has 1 aromatic carbocycles. The van der Waals surface area contributed by atoms with Crippen molar-refractivity contribution in [3.63, 3.8) is 0 Å². The molecule has 0 aliphatic heterocycles. The second-order valence-corrected chi connectivity index (χ2v) is 4.56. The standard InChI is InChI=1S/C13H16N4O2/c1-9(8-12(18)19)17-13(14-15-16-17)10(2)11-6-4-3-5-7-11/h3-7,9-10H,8H2,1-2H3,(H,18,19). The summed E-state index contributed by atoms with van der Waals surface area (Å²) in [6.45, 7) is 3.80. The Hall–Kier alpha value is -2.24. The summed E-state index contributed by atoms with van der Waals surface area (Å²) in [5.74, 6) is -0.159. The zero-order chi connectivity index (χ0) is 13.8. The minimum absolute atomic E-state index is 0.000447. The number of nitrogens with zero attached hydrogens (tertiary/aromatic N) is 4. The van der Waals surface area contributed by atoms with Crippen LogP contribution < -0.4 is 0 Å². The molecule has 0 radical (unpaired) electrons. The number of hydrogen-bond donors (Lipinski definition) is 1. The van der Waals surface area contributed by atoms with Gasteiger partial charge in [0.15, 0.2) is 5.82 Å². The van der Waals surface area contributed by atoms with Gasteiger partial charge in [-0.05, 0) is 22.9 Å². The van der Waals surface area contributed by atoms with Gasteiger partial charge in [0.1, 0.15) is 0 Å². The number of hydrogen-bond acceptors (Lipinski definition) is 4. The Bertz CT molecular complexity index is 553. The summed E-state index contributed by atoms with van der Waals surface area (Å²) < 4.78 is 1.59. The van der Waals surface area contributed by atoms with E-state index in [1.54, 1.807) is 11.6 Å². The van der Waals surface area contributed by atoms with E-state index in [0.29, 0.717) is 5.82 Å². The highest BCUT2D eigenvalue weighted by Crippen LogP contribution is 2.24. The van der Waals surface area contributed by atoms with E-state index in [-0.39, 0.29) is 18.4 Å². The second-order valence-electron chi connectivity index (χ2n) is 4.56. The van der Waals surface area contributed by atoms with Gasteiger partial charge in [0.05, 0.1) is 12.5 Å². The van der Waals surface area contributed by atoms with Gasteiger partial charge < -0.3 is 5.11 Å². The van der Waals surface area contributed by atoms with Gasteiger partial charge in [0, 0.05) is 5.92 Å². The fraction of sp³-hybridized carbons (Fsp3) is 0.385. The van der Waals surface area contributed by atoms with Gasteiger partial charge in [-0.3, -0.25) is 4.79 Å². The lowest BCUT2D eigenvalue weighted by Gasteiger charge is -2.15. The molecule has 100 valence electrons. The monoisotopic (exact) mass is 260 g/mol.